The first-order chi connectivity index (χ1) is 14.5. The van der Waals surface area contributed by atoms with Crippen LogP contribution in [-0.2, 0) is 4.79 Å². The molecular weight excluding hydrogens is 466 g/mol. The van der Waals surface area contributed by atoms with Gasteiger partial charge < -0.3 is 10.2 Å². The molecule has 1 fully saturated rings. The summed E-state index contributed by atoms with van der Waals surface area (Å²) >= 11 is 4.74. The number of benzene rings is 2. The molecule has 1 aromatic heterocycles. The number of likely N-dealkylation sites (tertiary alicyclic amines) is 1. The maximum absolute atomic E-state index is 12.8. The number of hydrogen-bond donors (Lipinski definition) is 2. The van der Waals surface area contributed by atoms with Crippen LogP contribution >= 0.6 is 27.3 Å². The van der Waals surface area contributed by atoms with Gasteiger partial charge in [-0.3, -0.25) is 10.1 Å². The number of aryl methyl sites for hydroxylation is 1. The zero-order valence-electron chi connectivity index (χ0n) is 16.3. The monoisotopic (exact) mass is 485 g/mol. The summed E-state index contributed by atoms with van der Waals surface area (Å²) in [4.78, 5) is 27.2. The molecule has 0 radical (unpaired) electrons. The summed E-state index contributed by atoms with van der Waals surface area (Å²) in [6, 6.07) is 14.5. The molecule has 3 amide bonds. The van der Waals surface area contributed by atoms with Crippen molar-refractivity contribution < 1.29 is 9.59 Å². The van der Waals surface area contributed by atoms with Crippen LogP contribution in [0.15, 0.2) is 53.0 Å². The van der Waals surface area contributed by atoms with E-state index in [-0.39, 0.29) is 11.9 Å². The van der Waals surface area contributed by atoms with E-state index < -0.39 is 6.04 Å². The molecule has 1 saturated heterocycles. The maximum atomic E-state index is 12.8. The molecule has 0 saturated carbocycles. The zero-order valence-corrected chi connectivity index (χ0v) is 18.7. The first kappa shape index (κ1) is 20.5. The first-order valence-corrected chi connectivity index (χ1v) is 11.2. The van der Waals surface area contributed by atoms with Crippen LogP contribution in [0.25, 0.3) is 10.6 Å². The Hall–Kier alpha value is -2.78. The van der Waals surface area contributed by atoms with Crippen LogP contribution in [0.5, 0.6) is 0 Å². The quantitative estimate of drug-likeness (QED) is 0.549. The van der Waals surface area contributed by atoms with Crippen molar-refractivity contribution >= 4 is 50.0 Å². The molecule has 7 nitrogen and oxygen atoms in total. The Balaban J connectivity index is 1.43. The zero-order chi connectivity index (χ0) is 21.1. The Morgan fingerprint density at radius 1 is 1.13 bits per heavy atom. The van der Waals surface area contributed by atoms with Gasteiger partial charge in [0.2, 0.25) is 11.0 Å². The fourth-order valence-corrected chi connectivity index (χ4v) is 4.52. The average molecular weight is 486 g/mol. The lowest BCUT2D eigenvalue weighted by atomic mass is 10.1. The Morgan fingerprint density at radius 3 is 2.77 bits per heavy atom. The fourth-order valence-electron chi connectivity index (χ4n) is 3.39. The molecule has 0 spiro atoms. The fraction of sp³-hybridized carbons (Fsp3) is 0.238. The van der Waals surface area contributed by atoms with Crippen molar-refractivity contribution in [3.05, 3.63) is 58.6 Å². The van der Waals surface area contributed by atoms with Crippen LogP contribution in [0.3, 0.4) is 0 Å². The number of carbonyl (C=O) groups is 2. The van der Waals surface area contributed by atoms with Crippen LogP contribution in [0.1, 0.15) is 18.4 Å². The van der Waals surface area contributed by atoms with Crippen molar-refractivity contribution in [2.75, 3.05) is 17.2 Å². The van der Waals surface area contributed by atoms with Gasteiger partial charge in [-0.2, -0.15) is 0 Å². The summed E-state index contributed by atoms with van der Waals surface area (Å²) in [5.41, 5.74) is 2.76. The van der Waals surface area contributed by atoms with E-state index in [0.717, 1.165) is 27.0 Å². The van der Waals surface area contributed by atoms with Gasteiger partial charge in [0.05, 0.1) is 5.69 Å². The summed E-state index contributed by atoms with van der Waals surface area (Å²) in [6.07, 6.45) is 1.38. The van der Waals surface area contributed by atoms with Gasteiger partial charge in [-0.15, -0.1) is 10.2 Å². The van der Waals surface area contributed by atoms with Crippen molar-refractivity contribution in [2.45, 2.75) is 25.8 Å². The molecule has 2 aromatic carbocycles. The van der Waals surface area contributed by atoms with E-state index in [1.54, 1.807) is 11.0 Å². The van der Waals surface area contributed by atoms with Gasteiger partial charge in [0.15, 0.2) is 0 Å². The van der Waals surface area contributed by atoms with Gasteiger partial charge in [-0.25, -0.2) is 4.79 Å². The number of anilines is 2. The third-order valence-electron chi connectivity index (χ3n) is 4.85. The molecule has 3 aromatic rings. The lowest BCUT2D eigenvalue weighted by molar-refractivity contribution is -0.119. The second kappa shape index (κ2) is 8.93. The molecule has 30 heavy (non-hydrogen) atoms. The molecule has 0 bridgehead atoms. The molecule has 1 aliphatic rings. The molecule has 154 valence electrons. The first-order valence-electron chi connectivity index (χ1n) is 9.55. The predicted octanol–water partition coefficient (Wildman–Crippen LogP) is 4.91. The lowest BCUT2D eigenvalue weighted by Gasteiger charge is -2.24. The number of amides is 3. The Labute approximate surface area is 186 Å². The lowest BCUT2D eigenvalue weighted by Crippen LogP contribution is -2.45. The van der Waals surface area contributed by atoms with Crippen molar-refractivity contribution in [3.63, 3.8) is 0 Å². The summed E-state index contributed by atoms with van der Waals surface area (Å²) in [5.74, 6) is -0.248. The molecular formula is C21H20BrN5O2S. The minimum atomic E-state index is -0.543. The van der Waals surface area contributed by atoms with Crippen molar-refractivity contribution in [3.8, 4) is 10.6 Å². The van der Waals surface area contributed by atoms with Gasteiger partial charge in [0.25, 0.3) is 0 Å². The normalized spacial score (nSPS) is 15.8. The van der Waals surface area contributed by atoms with Crippen LogP contribution < -0.4 is 10.6 Å². The number of para-hydroxylation sites is 1. The minimum Gasteiger partial charge on any atom is -0.312 e. The third-order valence-corrected chi connectivity index (χ3v) is 6.43. The molecule has 2 heterocycles. The second-order valence-corrected chi connectivity index (χ2v) is 8.86. The van der Waals surface area contributed by atoms with Crippen LogP contribution in [-0.4, -0.2) is 39.6 Å². The standard InChI is InChI=1S/C21H20BrN5O2S/c1-13-6-4-7-14(12-13)19-25-26-20(30-19)24-18(28)17-10-5-11-27(17)21(29)23-16-9-3-2-8-15(16)22/h2-4,6-9,12,17H,5,10-11H2,1H3,(H,23,29)(H,24,26,28). The van der Waals surface area contributed by atoms with Gasteiger partial charge in [-0.05, 0) is 53.9 Å². The van der Waals surface area contributed by atoms with Gasteiger partial charge in [-0.1, -0.05) is 47.2 Å². The van der Waals surface area contributed by atoms with E-state index in [4.69, 9.17) is 0 Å². The number of hydrogen-bond acceptors (Lipinski definition) is 5. The molecule has 2 N–H and O–H groups in total. The topological polar surface area (TPSA) is 87.2 Å². The minimum absolute atomic E-state index is 0.248. The van der Waals surface area contributed by atoms with Crippen molar-refractivity contribution in [1.82, 2.24) is 15.1 Å². The highest BCUT2D eigenvalue weighted by atomic mass is 79.9. The predicted molar refractivity (Wildman–Crippen MR) is 122 cm³/mol. The second-order valence-electron chi connectivity index (χ2n) is 7.03. The number of rotatable bonds is 4. The van der Waals surface area contributed by atoms with Crippen LogP contribution in [0.2, 0.25) is 0 Å². The van der Waals surface area contributed by atoms with E-state index in [0.29, 0.717) is 23.8 Å². The largest absolute Gasteiger partial charge is 0.322 e. The molecule has 4 rings (SSSR count). The van der Waals surface area contributed by atoms with E-state index in [1.165, 1.54) is 11.3 Å². The Bertz CT molecular complexity index is 1090. The van der Waals surface area contributed by atoms with Crippen molar-refractivity contribution in [1.29, 1.82) is 0 Å². The van der Waals surface area contributed by atoms with E-state index in [9.17, 15) is 9.59 Å². The summed E-state index contributed by atoms with van der Waals surface area (Å²) in [6.45, 7) is 2.54. The molecule has 1 atom stereocenters. The highest BCUT2D eigenvalue weighted by Crippen LogP contribution is 2.28. The summed E-state index contributed by atoms with van der Waals surface area (Å²) < 4.78 is 0.788. The van der Waals surface area contributed by atoms with Crippen LogP contribution in [0.4, 0.5) is 15.6 Å². The number of nitrogens with zero attached hydrogens (tertiary/aromatic N) is 3. The molecule has 1 aliphatic heterocycles. The average Bonchev–Trinajstić information content (AvgIpc) is 3.39. The smallest absolute Gasteiger partial charge is 0.312 e. The van der Waals surface area contributed by atoms with E-state index >= 15 is 0 Å². The maximum Gasteiger partial charge on any atom is 0.322 e. The highest BCUT2D eigenvalue weighted by molar-refractivity contribution is 9.10. The number of urea groups is 1. The number of aromatic nitrogens is 2. The SMILES string of the molecule is Cc1cccc(-c2nnc(NC(=O)C3CCCN3C(=O)Nc3ccccc3Br)s2)c1. The Kier molecular flexibility index (Phi) is 6.10. The van der Waals surface area contributed by atoms with Gasteiger partial charge in [0, 0.05) is 16.6 Å². The summed E-state index contributed by atoms with van der Waals surface area (Å²) in [7, 11) is 0. The highest BCUT2D eigenvalue weighted by Gasteiger charge is 2.34. The van der Waals surface area contributed by atoms with Gasteiger partial charge >= 0.3 is 6.03 Å². The van der Waals surface area contributed by atoms with Crippen LogP contribution in [0, 0.1) is 6.92 Å². The Morgan fingerprint density at radius 2 is 1.97 bits per heavy atom. The number of carbonyl (C=O) groups excluding carboxylic acids is 2. The summed E-state index contributed by atoms with van der Waals surface area (Å²) in [5, 5.41) is 15.1. The number of nitrogens with one attached hydrogen (secondary N) is 2. The van der Waals surface area contributed by atoms with E-state index in [1.807, 2.05) is 49.4 Å². The number of halogens is 1. The molecule has 0 aliphatic carbocycles. The van der Waals surface area contributed by atoms with Gasteiger partial charge in [0.1, 0.15) is 11.0 Å². The molecule has 1 unspecified atom stereocenters. The third kappa shape index (κ3) is 4.52. The van der Waals surface area contributed by atoms with Crippen molar-refractivity contribution in [2.24, 2.45) is 0 Å². The molecule has 9 heteroatoms. The van der Waals surface area contributed by atoms with E-state index in [2.05, 4.69) is 36.8 Å².